The smallest absolute Gasteiger partial charge is 0.313 e. The van der Waals surface area contributed by atoms with E-state index in [1.807, 2.05) is 32.0 Å². The van der Waals surface area contributed by atoms with Crippen molar-refractivity contribution in [3.63, 3.8) is 0 Å². The number of amides is 1. The maximum atomic E-state index is 14.3. The van der Waals surface area contributed by atoms with E-state index in [-0.39, 0.29) is 17.9 Å². The van der Waals surface area contributed by atoms with Crippen LogP contribution in [0, 0.1) is 19.7 Å². The zero-order chi connectivity index (χ0) is 18.4. The van der Waals surface area contributed by atoms with Crippen LogP contribution in [0.25, 0.3) is 11.1 Å². The molecule has 0 saturated heterocycles. The summed E-state index contributed by atoms with van der Waals surface area (Å²) >= 11 is 1.20. The van der Waals surface area contributed by atoms with Crippen LogP contribution < -0.4 is 5.32 Å². The van der Waals surface area contributed by atoms with Crippen LogP contribution in [0.4, 0.5) is 4.39 Å². The lowest BCUT2D eigenvalue weighted by atomic mass is 9.99. The number of carboxylic acid groups (broad SMARTS) is 1. The first-order valence-corrected chi connectivity index (χ1v) is 8.99. The number of nitrogens with one attached hydrogen (secondary N) is 1. The fraction of sp³-hybridized carbons (Fsp3) is 0.263. The highest BCUT2D eigenvalue weighted by Crippen LogP contribution is 2.24. The Kier molecular flexibility index (Phi) is 6.58. The number of benzene rings is 2. The van der Waals surface area contributed by atoms with Crippen molar-refractivity contribution in [1.29, 1.82) is 0 Å². The van der Waals surface area contributed by atoms with Gasteiger partial charge in [0.25, 0.3) is 5.91 Å². The van der Waals surface area contributed by atoms with Crippen LogP contribution in [-0.4, -0.2) is 35.0 Å². The second-order valence-corrected chi connectivity index (χ2v) is 6.80. The average Bonchev–Trinajstić information content (AvgIpc) is 2.56. The number of aliphatic carboxylic acids is 1. The van der Waals surface area contributed by atoms with E-state index in [9.17, 15) is 14.0 Å². The van der Waals surface area contributed by atoms with Gasteiger partial charge in [0.05, 0.1) is 11.3 Å². The lowest BCUT2D eigenvalue weighted by Crippen LogP contribution is -2.26. The zero-order valence-corrected chi connectivity index (χ0v) is 15.0. The lowest BCUT2D eigenvalue weighted by molar-refractivity contribution is -0.133. The number of rotatable bonds is 7. The summed E-state index contributed by atoms with van der Waals surface area (Å²) in [6.07, 6.45) is 0. The number of thioether (sulfide) groups is 1. The summed E-state index contributed by atoms with van der Waals surface area (Å²) in [5, 5.41) is 11.1. The Hall–Kier alpha value is -2.34. The fourth-order valence-electron chi connectivity index (χ4n) is 2.29. The van der Waals surface area contributed by atoms with E-state index in [0.717, 1.165) is 11.1 Å². The largest absolute Gasteiger partial charge is 0.481 e. The molecule has 0 radical (unpaired) electrons. The zero-order valence-electron chi connectivity index (χ0n) is 14.1. The molecule has 0 fully saturated rings. The van der Waals surface area contributed by atoms with Crippen LogP contribution in [0.3, 0.4) is 0 Å². The molecule has 2 aromatic carbocycles. The Morgan fingerprint density at radius 3 is 2.40 bits per heavy atom. The van der Waals surface area contributed by atoms with Gasteiger partial charge in [0.2, 0.25) is 0 Å². The van der Waals surface area contributed by atoms with Crippen molar-refractivity contribution < 1.29 is 19.1 Å². The molecule has 0 aliphatic rings. The highest BCUT2D eigenvalue weighted by atomic mass is 32.2. The second-order valence-electron chi connectivity index (χ2n) is 5.70. The van der Waals surface area contributed by atoms with Crippen LogP contribution in [0.2, 0.25) is 0 Å². The molecule has 2 N–H and O–H groups in total. The third kappa shape index (κ3) is 5.32. The van der Waals surface area contributed by atoms with Crippen molar-refractivity contribution in [3.05, 3.63) is 58.9 Å². The van der Waals surface area contributed by atoms with Gasteiger partial charge in [0.15, 0.2) is 0 Å². The Morgan fingerprint density at radius 2 is 1.76 bits per heavy atom. The van der Waals surface area contributed by atoms with Crippen molar-refractivity contribution in [1.82, 2.24) is 5.32 Å². The Bertz CT molecular complexity index is 792. The van der Waals surface area contributed by atoms with E-state index in [1.165, 1.54) is 29.5 Å². The van der Waals surface area contributed by atoms with Crippen LogP contribution >= 0.6 is 11.8 Å². The monoisotopic (exact) mass is 361 g/mol. The van der Waals surface area contributed by atoms with Crippen molar-refractivity contribution in [2.45, 2.75) is 13.8 Å². The molecule has 0 aliphatic heterocycles. The summed E-state index contributed by atoms with van der Waals surface area (Å²) in [4.78, 5) is 22.4. The normalized spacial score (nSPS) is 10.5. The predicted molar refractivity (Wildman–Crippen MR) is 98.6 cm³/mol. The minimum absolute atomic E-state index is 0.0178. The van der Waals surface area contributed by atoms with Gasteiger partial charge in [-0.2, -0.15) is 0 Å². The number of hydrogen-bond acceptors (Lipinski definition) is 3. The molecule has 0 atom stereocenters. The molecule has 25 heavy (non-hydrogen) atoms. The van der Waals surface area contributed by atoms with Crippen molar-refractivity contribution in [3.8, 4) is 11.1 Å². The molecule has 0 aromatic heterocycles. The van der Waals surface area contributed by atoms with Crippen LogP contribution in [0.5, 0.6) is 0 Å². The maximum Gasteiger partial charge on any atom is 0.313 e. The first-order chi connectivity index (χ1) is 11.9. The number of aryl methyl sites for hydroxylation is 2. The standard InChI is InChI=1S/C19H20FNO3S/c1-12-3-4-14(9-13(12)2)15-5-6-16(17(20)10-15)19(24)21-7-8-25-11-18(22)23/h3-6,9-10H,7-8,11H2,1-2H3,(H,21,24)(H,22,23). The molecule has 2 aromatic rings. The van der Waals surface area contributed by atoms with Crippen LogP contribution in [-0.2, 0) is 4.79 Å². The summed E-state index contributed by atoms with van der Waals surface area (Å²) in [5.41, 5.74) is 3.89. The average molecular weight is 361 g/mol. The van der Waals surface area contributed by atoms with Gasteiger partial charge in [-0.15, -0.1) is 11.8 Å². The van der Waals surface area contributed by atoms with Crippen LogP contribution in [0.15, 0.2) is 36.4 Å². The summed E-state index contributed by atoms with van der Waals surface area (Å²) in [5.74, 6) is -1.54. The van der Waals surface area contributed by atoms with E-state index in [4.69, 9.17) is 5.11 Å². The molecule has 0 spiro atoms. The summed E-state index contributed by atoms with van der Waals surface area (Å²) < 4.78 is 14.3. The highest BCUT2D eigenvalue weighted by Gasteiger charge is 2.12. The number of carbonyl (C=O) groups is 2. The quantitative estimate of drug-likeness (QED) is 0.739. The first-order valence-electron chi connectivity index (χ1n) is 7.83. The predicted octanol–water partition coefficient (Wildman–Crippen LogP) is 3.66. The topological polar surface area (TPSA) is 66.4 Å². The van der Waals surface area contributed by atoms with E-state index in [0.29, 0.717) is 11.3 Å². The molecule has 0 unspecified atom stereocenters. The third-order valence-corrected chi connectivity index (χ3v) is 4.76. The third-order valence-electron chi connectivity index (χ3n) is 3.81. The van der Waals surface area contributed by atoms with Gasteiger partial charge >= 0.3 is 5.97 Å². The molecule has 0 heterocycles. The molecular weight excluding hydrogens is 341 g/mol. The molecule has 1 amide bonds. The Balaban J connectivity index is 2.02. The number of carboxylic acids is 1. The molecule has 2 rings (SSSR count). The molecule has 0 aliphatic carbocycles. The SMILES string of the molecule is Cc1ccc(-c2ccc(C(=O)NCCSCC(=O)O)c(F)c2)cc1C. The lowest BCUT2D eigenvalue weighted by Gasteiger charge is -2.09. The highest BCUT2D eigenvalue weighted by molar-refractivity contribution is 7.99. The van der Waals surface area contributed by atoms with Gasteiger partial charge in [-0.1, -0.05) is 24.3 Å². The number of halogens is 1. The van der Waals surface area contributed by atoms with Crippen LogP contribution in [0.1, 0.15) is 21.5 Å². The molecule has 0 saturated carbocycles. The van der Waals surface area contributed by atoms with Gasteiger partial charge in [-0.25, -0.2) is 4.39 Å². The fourth-order valence-corrected chi connectivity index (χ4v) is 2.86. The minimum atomic E-state index is -0.899. The Labute approximate surface area is 150 Å². The number of carbonyl (C=O) groups excluding carboxylic acids is 1. The van der Waals surface area contributed by atoms with Gasteiger partial charge in [0.1, 0.15) is 5.82 Å². The number of hydrogen-bond donors (Lipinski definition) is 2. The van der Waals surface area contributed by atoms with E-state index >= 15 is 0 Å². The molecule has 6 heteroatoms. The summed E-state index contributed by atoms with van der Waals surface area (Å²) in [6, 6.07) is 10.5. The van der Waals surface area contributed by atoms with Gasteiger partial charge in [-0.05, 0) is 48.2 Å². The van der Waals surface area contributed by atoms with Crippen molar-refractivity contribution in [2.24, 2.45) is 0 Å². The molecule has 4 nitrogen and oxygen atoms in total. The van der Waals surface area contributed by atoms with E-state index in [1.54, 1.807) is 6.07 Å². The van der Waals surface area contributed by atoms with Gasteiger partial charge in [-0.3, -0.25) is 9.59 Å². The van der Waals surface area contributed by atoms with Crippen molar-refractivity contribution >= 4 is 23.6 Å². The molecule has 132 valence electrons. The Morgan fingerprint density at radius 1 is 1.08 bits per heavy atom. The van der Waals surface area contributed by atoms with E-state index < -0.39 is 17.7 Å². The molecular formula is C19H20FNO3S. The van der Waals surface area contributed by atoms with Gasteiger partial charge < -0.3 is 10.4 Å². The summed E-state index contributed by atoms with van der Waals surface area (Å²) in [7, 11) is 0. The second kappa shape index (κ2) is 8.67. The van der Waals surface area contributed by atoms with Crippen molar-refractivity contribution in [2.75, 3.05) is 18.1 Å². The minimum Gasteiger partial charge on any atom is -0.481 e. The van der Waals surface area contributed by atoms with Gasteiger partial charge in [0, 0.05) is 12.3 Å². The molecule has 0 bridgehead atoms. The maximum absolute atomic E-state index is 14.3. The summed E-state index contributed by atoms with van der Waals surface area (Å²) in [6.45, 7) is 4.30. The first kappa shape index (κ1) is 19.0. The van der Waals surface area contributed by atoms with E-state index in [2.05, 4.69) is 5.32 Å².